The maximum Gasteiger partial charge on any atom is 0.283 e. The molecule has 2 aromatic rings. The predicted octanol–water partition coefficient (Wildman–Crippen LogP) is 5.77. The van der Waals surface area contributed by atoms with Crippen LogP contribution in [-0.4, -0.2) is 26.4 Å². The van der Waals surface area contributed by atoms with E-state index in [1.807, 2.05) is 19.3 Å². The van der Waals surface area contributed by atoms with E-state index in [2.05, 4.69) is 60.7 Å². The van der Waals surface area contributed by atoms with E-state index >= 15 is 0 Å². The fourth-order valence-corrected chi connectivity index (χ4v) is 4.77. The molecule has 3 heterocycles. The molecule has 1 aromatic heterocycles. The summed E-state index contributed by atoms with van der Waals surface area (Å²) in [7, 11) is 0. The number of carbonyl (C=O) groups excluding carboxylic acids is 1. The van der Waals surface area contributed by atoms with E-state index in [0.29, 0.717) is 16.7 Å². The number of benzene rings is 1. The number of amidine groups is 2. The minimum atomic E-state index is -0.357. The second-order valence-corrected chi connectivity index (χ2v) is 8.72. The average Bonchev–Trinajstić information content (AvgIpc) is 3.23. The summed E-state index contributed by atoms with van der Waals surface area (Å²) < 4.78 is 2.19. The zero-order valence-corrected chi connectivity index (χ0v) is 18.8. The van der Waals surface area contributed by atoms with Gasteiger partial charge in [0.2, 0.25) is 0 Å². The van der Waals surface area contributed by atoms with E-state index in [1.165, 1.54) is 17.3 Å². The Kier molecular flexibility index (Phi) is 5.28. The van der Waals surface area contributed by atoms with Crippen molar-refractivity contribution in [3.05, 3.63) is 69.5 Å². The molecule has 6 heteroatoms. The first kappa shape index (κ1) is 20.4. The summed E-state index contributed by atoms with van der Waals surface area (Å²) in [4.78, 5) is 18.5. The number of nitrogens with one attached hydrogen (secondary N) is 1. The molecule has 1 amide bonds. The maximum atomic E-state index is 12.6. The lowest BCUT2D eigenvalue weighted by Gasteiger charge is -2.25. The number of fused-ring (bicyclic) bond motifs is 1. The van der Waals surface area contributed by atoms with Gasteiger partial charge < -0.3 is 4.57 Å². The van der Waals surface area contributed by atoms with Crippen molar-refractivity contribution in [3.63, 3.8) is 0 Å². The van der Waals surface area contributed by atoms with Crippen molar-refractivity contribution in [1.82, 2.24) is 9.47 Å². The Morgan fingerprint density at radius 3 is 2.57 bits per heavy atom. The summed E-state index contributed by atoms with van der Waals surface area (Å²) >= 11 is 1.38. The van der Waals surface area contributed by atoms with Crippen LogP contribution in [0.5, 0.6) is 0 Å². The van der Waals surface area contributed by atoms with Crippen molar-refractivity contribution >= 4 is 34.7 Å². The monoisotopic (exact) mass is 418 g/mol. The van der Waals surface area contributed by atoms with E-state index < -0.39 is 0 Å². The van der Waals surface area contributed by atoms with Crippen LogP contribution in [0.2, 0.25) is 0 Å². The Morgan fingerprint density at radius 2 is 1.90 bits per heavy atom. The Morgan fingerprint density at radius 1 is 1.20 bits per heavy atom. The zero-order chi connectivity index (χ0) is 21.6. The largest absolute Gasteiger partial charge is 0.318 e. The summed E-state index contributed by atoms with van der Waals surface area (Å²) in [6.07, 6.45) is 2.92. The normalized spacial score (nSPS) is 18.6. The number of thioether (sulfide) groups is 1. The number of allylic oxidation sites excluding steroid dienone is 1. The van der Waals surface area contributed by atoms with Crippen molar-refractivity contribution in [3.8, 4) is 5.69 Å². The highest BCUT2D eigenvalue weighted by atomic mass is 32.2. The molecule has 0 spiro atoms. The lowest BCUT2D eigenvalue weighted by molar-refractivity contribution is -0.114. The van der Waals surface area contributed by atoms with Gasteiger partial charge in [0, 0.05) is 22.8 Å². The van der Waals surface area contributed by atoms with Crippen LogP contribution in [0, 0.1) is 19.3 Å². The second kappa shape index (κ2) is 7.76. The quantitative estimate of drug-likeness (QED) is 0.641. The predicted molar refractivity (Wildman–Crippen MR) is 125 cm³/mol. The third-order valence-electron chi connectivity index (χ3n) is 5.89. The number of nitrogens with zero attached hydrogens (tertiary/aromatic N) is 3. The molecule has 0 radical (unpaired) electrons. The third-order valence-corrected chi connectivity index (χ3v) is 6.83. The van der Waals surface area contributed by atoms with Gasteiger partial charge >= 0.3 is 0 Å². The Balaban J connectivity index is 1.72. The summed E-state index contributed by atoms with van der Waals surface area (Å²) in [5, 5.41) is 11.0. The highest BCUT2D eigenvalue weighted by Crippen LogP contribution is 2.32. The Hall–Kier alpha value is -2.86. The highest BCUT2D eigenvalue weighted by Gasteiger charge is 2.34. The molecule has 0 bridgehead atoms. The van der Waals surface area contributed by atoms with Crippen molar-refractivity contribution in [2.45, 2.75) is 47.0 Å². The molecular weight excluding hydrogens is 392 g/mol. The van der Waals surface area contributed by atoms with Gasteiger partial charge in [-0.1, -0.05) is 37.7 Å². The van der Waals surface area contributed by atoms with Gasteiger partial charge in [0.1, 0.15) is 5.84 Å². The average molecular weight is 419 g/mol. The first-order valence-electron chi connectivity index (χ1n) is 10.2. The lowest BCUT2D eigenvalue weighted by Crippen LogP contribution is -2.37. The fraction of sp³-hybridized carbons (Fsp3) is 0.292. The number of rotatable bonds is 4. The second-order valence-electron chi connectivity index (χ2n) is 7.88. The number of carbonyl (C=O) groups is 1. The summed E-state index contributed by atoms with van der Waals surface area (Å²) in [5.41, 5.74) is 6.72. The van der Waals surface area contributed by atoms with Crippen LogP contribution in [0.4, 0.5) is 0 Å². The summed E-state index contributed by atoms with van der Waals surface area (Å²) in [5.74, 6) is 0.372. The zero-order valence-electron chi connectivity index (χ0n) is 18.0. The third kappa shape index (κ3) is 3.35. The molecule has 4 rings (SSSR count). The van der Waals surface area contributed by atoms with Gasteiger partial charge in [-0.25, -0.2) is 0 Å². The molecule has 1 atom stereocenters. The molecule has 0 unspecified atom stereocenters. The molecule has 2 aliphatic rings. The SMILES string of the molecule is CC[C@@H](C)c1ccc(-n2c(C)cc(/C=C3/C(=N)N4C(C)=CSC4=NC3=O)c2C)cc1. The van der Waals surface area contributed by atoms with Crippen molar-refractivity contribution in [1.29, 1.82) is 5.41 Å². The number of amides is 1. The van der Waals surface area contributed by atoms with Gasteiger partial charge in [-0.3, -0.25) is 15.1 Å². The molecule has 1 N–H and O–H groups in total. The van der Waals surface area contributed by atoms with Crippen molar-refractivity contribution < 1.29 is 4.79 Å². The summed E-state index contributed by atoms with van der Waals surface area (Å²) in [6, 6.07) is 10.7. The van der Waals surface area contributed by atoms with E-state index in [9.17, 15) is 4.79 Å². The van der Waals surface area contributed by atoms with Crippen molar-refractivity contribution in [2.75, 3.05) is 0 Å². The minimum Gasteiger partial charge on any atom is -0.318 e. The topological polar surface area (TPSA) is 61.5 Å². The molecule has 1 aromatic carbocycles. The molecule has 154 valence electrons. The van der Waals surface area contributed by atoms with Crippen LogP contribution < -0.4 is 0 Å². The van der Waals surface area contributed by atoms with Gasteiger partial charge in [0.15, 0.2) is 5.17 Å². The standard InChI is InChI=1S/C24H26N4OS/c1-6-14(2)18-7-9-20(10-8-18)27-15(3)11-19(17(27)5)12-21-22(25)28-16(4)13-30-24(28)26-23(21)29/h7-14,25H,6H2,1-5H3/b21-12-,25-22?/t14-/m1/s1. The number of aliphatic imine (C=N–C) groups is 1. The molecule has 0 fully saturated rings. The molecule has 5 nitrogen and oxygen atoms in total. The van der Waals surface area contributed by atoms with Crippen LogP contribution in [0.3, 0.4) is 0 Å². The van der Waals surface area contributed by atoms with E-state index in [1.54, 1.807) is 11.0 Å². The van der Waals surface area contributed by atoms with Gasteiger partial charge in [-0.05, 0) is 73.9 Å². The lowest BCUT2D eigenvalue weighted by atomic mass is 9.98. The molecule has 0 saturated heterocycles. The molecular formula is C24H26N4OS. The van der Waals surface area contributed by atoms with E-state index in [0.717, 1.165) is 34.8 Å². The smallest absolute Gasteiger partial charge is 0.283 e. The van der Waals surface area contributed by atoms with Crippen LogP contribution in [0.1, 0.15) is 55.6 Å². The summed E-state index contributed by atoms with van der Waals surface area (Å²) in [6.45, 7) is 10.5. The van der Waals surface area contributed by atoms with Crippen LogP contribution >= 0.6 is 11.8 Å². The molecule has 0 aliphatic carbocycles. The fourth-order valence-electron chi connectivity index (χ4n) is 3.92. The number of hydrogen-bond acceptors (Lipinski definition) is 3. The first-order valence-corrected chi connectivity index (χ1v) is 11.1. The van der Waals surface area contributed by atoms with Gasteiger partial charge in [-0.15, -0.1) is 0 Å². The van der Waals surface area contributed by atoms with Gasteiger partial charge in [0.25, 0.3) is 5.91 Å². The van der Waals surface area contributed by atoms with Gasteiger partial charge in [-0.2, -0.15) is 4.99 Å². The van der Waals surface area contributed by atoms with Crippen LogP contribution in [0.15, 0.2) is 52.0 Å². The van der Waals surface area contributed by atoms with E-state index in [4.69, 9.17) is 5.41 Å². The van der Waals surface area contributed by atoms with Gasteiger partial charge in [0.05, 0.1) is 5.57 Å². The Labute approximate surface area is 181 Å². The highest BCUT2D eigenvalue weighted by molar-refractivity contribution is 8.16. The van der Waals surface area contributed by atoms with Crippen LogP contribution in [0.25, 0.3) is 11.8 Å². The van der Waals surface area contributed by atoms with Crippen molar-refractivity contribution in [2.24, 2.45) is 4.99 Å². The maximum absolute atomic E-state index is 12.6. The number of hydrogen-bond donors (Lipinski definition) is 1. The molecule has 0 saturated carbocycles. The molecule has 2 aliphatic heterocycles. The number of aryl methyl sites for hydroxylation is 1. The minimum absolute atomic E-state index is 0.187. The van der Waals surface area contributed by atoms with Crippen LogP contribution in [-0.2, 0) is 4.79 Å². The van der Waals surface area contributed by atoms with E-state index in [-0.39, 0.29) is 11.7 Å². The Bertz CT molecular complexity index is 1130. The molecule has 30 heavy (non-hydrogen) atoms. The number of aromatic nitrogens is 1. The first-order chi connectivity index (χ1) is 14.3.